The number of aliphatic hydroxyl groups is 5. The van der Waals surface area contributed by atoms with Gasteiger partial charge in [0.1, 0.15) is 18.3 Å². The van der Waals surface area contributed by atoms with Crippen LogP contribution in [0.15, 0.2) is 0 Å². The summed E-state index contributed by atoms with van der Waals surface area (Å²) in [6, 6.07) is 0. The van der Waals surface area contributed by atoms with Gasteiger partial charge in [-0.2, -0.15) is 0 Å². The monoisotopic (exact) mass is 268 g/mol. The van der Waals surface area contributed by atoms with Gasteiger partial charge in [0.25, 0.3) is 0 Å². The lowest BCUT2D eigenvalue weighted by molar-refractivity contribution is -0.112. The van der Waals surface area contributed by atoms with Gasteiger partial charge in [0.05, 0.1) is 25.9 Å². The Bertz CT molecular complexity index is 168. The van der Waals surface area contributed by atoms with Crippen LogP contribution < -0.4 is 11.1 Å². The molecule has 0 unspecified atom stereocenters. The molecule has 0 aromatic rings. The minimum atomic E-state index is -1.59. The van der Waals surface area contributed by atoms with Gasteiger partial charge >= 0.3 is 0 Å². The number of nitrogens with one attached hydrogen (secondary N) is 1. The lowest BCUT2D eigenvalue weighted by atomic mass is 10.0. The molecule has 8 nitrogen and oxygen atoms in total. The third kappa shape index (κ3) is 7.19. The van der Waals surface area contributed by atoms with Crippen molar-refractivity contribution in [2.24, 2.45) is 5.73 Å². The average molecular weight is 268 g/mol. The van der Waals surface area contributed by atoms with E-state index in [1.54, 1.807) is 0 Å². The number of hydrogen-bond acceptors (Lipinski definition) is 8. The van der Waals surface area contributed by atoms with Crippen LogP contribution in [0.2, 0.25) is 0 Å². The van der Waals surface area contributed by atoms with Crippen molar-refractivity contribution in [2.45, 2.75) is 24.4 Å². The molecule has 0 bridgehead atoms. The standard InChI is InChI=1S/C6H15NO5.C4H9NO/c7-1-3(9)5(11)6(12)4(10)2-8;1-3-6-4-2-5-1/h3-6,8-12H,1-2,7H2;5H,1-4H2/t3-,4+,5+,6+;/m0./s1. The van der Waals surface area contributed by atoms with Gasteiger partial charge in [-0.05, 0) is 0 Å². The largest absolute Gasteiger partial charge is 0.394 e. The third-order valence-corrected chi connectivity index (χ3v) is 2.41. The highest BCUT2D eigenvalue weighted by Gasteiger charge is 2.28. The molecule has 1 aliphatic rings. The van der Waals surface area contributed by atoms with Crippen molar-refractivity contribution in [3.8, 4) is 0 Å². The molecule has 0 radical (unpaired) electrons. The van der Waals surface area contributed by atoms with Crippen LogP contribution in [0.25, 0.3) is 0 Å². The maximum absolute atomic E-state index is 9.04. The average Bonchev–Trinajstić information content (AvgIpc) is 2.46. The number of aliphatic hydroxyl groups excluding tert-OH is 5. The maximum Gasteiger partial charge on any atom is 0.111 e. The van der Waals surface area contributed by atoms with Crippen molar-refractivity contribution in [2.75, 3.05) is 39.5 Å². The maximum atomic E-state index is 9.04. The summed E-state index contributed by atoms with van der Waals surface area (Å²) >= 11 is 0. The van der Waals surface area contributed by atoms with Crippen LogP contribution in [0.3, 0.4) is 0 Å². The Morgan fingerprint density at radius 1 is 1.00 bits per heavy atom. The van der Waals surface area contributed by atoms with Crippen LogP contribution in [0, 0.1) is 0 Å². The highest BCUT2D eigenvalue weighted by atomic mass is 16.5. The van der Waals surface area contributed by atoms with Gasteiger partial charge in [0.15, 0.2) is 0 Å². The molecule has 1 saturated heterocycles. The summed E-state index contributed by atoms with van der Waals surface area (Å²) in [5.41, 5.74) is 4.99. The first-order valence-corrected chi connectivity index (χ1v) is 5.86. The van der Waals surface area contributed by atoms with E-state index in [1.165, 1.54) is 0 Å². The Labute approximate surface area is 106 Å². The molecule has 8 N–H and O–H groups in total. The second-order valence-electron chi connectivity index (χ2n) is 3.90. The van der Waals surface area contributed by atoms with E-state index in [0.29, 0.717) is 0 Å². The molecule has 0 aromatic heterocycles. The molecule has 0 aromatic carbocycles. The van der Waals surface area contributed by atoms with Crippen LogP contribution in [0.5, 0.6) is 0 Å². The van der Waals surface area contributed by atoms with E-state index < -0.39 is 31.0 Å². The summed E-state index contributed by atoms with van der Waals surface area (Å²) in [7, 11) is 0. The number of nitrogens with two attached hydrogens (primary N) is 1. The molecule has 1 heterocycles. The summed E-state index contributed by atoms with van der Waals surface area (Å²) in [5.74, 6) is 0. The van der Waals surface area contributed by atoms with E-state index >= 15 is 0 Å². The summed E-state index contributed by atoms with van der Waals surface area (Å²) in [6.07, 6.45) is -5.91. The van der Waals surface area contributed by atoms with Crippen molar-refractivity contribution in [3.05, 3.63) is 0 Å². The Kier molecular flexibility index (Phi) is 10.4. The Morgan fingerprint density at radius 3 is 1.78 bits per heavy atom. The fourth-order valence-electron chi connectivity index (χ4n) is 1.22. The predicted molar refractivity (Wildman–Crippen MR) is 63.9 cm³/mol. The van der Waals surface area contributed by atoms with Crippen LogP contribution in [0.1, 0.15) is 0 Å². The van der Waals surface area contributed by atoms with Crippen LogP contribution in [-0.2, 0) is 4.74 Å². The molecule has 4 atom stereocenters. The van der Waals surface area contributed by atoms with Gasteiger partial charge in [-0.15, -0.1) is 0 Å². The quantitative estimate of drug-likeness (QED) is 0.267. The number of hydrogen-bond donors (Lipinski definition) is 7. The molecule has 1 rings (SSSR count). The van der Waals surface area contributed by atoms with Crippen molar-refractivity contribution >= 4 is 0 Å². The molecular formula is C10H24N2O6. The van der Waals surface area contributed by atoms with Gasteiger partial charge in [0.2, 0.25) is 0 Å². The lowest BCUT2D eigenvalue weighted by Gasteiger charge is -2.24. The van der Waals surface area contributed by atoms with Crippen LogP contribution in [0.4, 0.5) is 0 Å². The minimum Gasteiger partial charge on any atom is -0.394 e. The van der Waals surface area contributed by atoms with Gasteiger partial charge in [-0.3, -0.25) is 0 Å². The molecule has 0 aliphatic carbocycles. The fraction of sp³-hybridized carbons (Fsp3) is 1.00. The molecule has 8 heteroatoms. The molecule has 110 valence electrons. The zero-order valence-electron chi connectivity index (χ0n) is 10.3. The first-order valence-electron chi connectivity index (χ1n) is 5.86. The molecular weight excluding hydrogens is 244 g/mol. The van der Waals surface area contributed by atoms with E-state index in [2.05, 4.69) is 5.32 Å². The van der Waals surface area contributed by atoms with E-state index in [0.717, 1.165) is 26.3 Å². The van der Waals surface area contributed by atoms with Crippen molar-refractivity contribution in [1.82, 2.24) is 5.32 Å². The Morgan fingerprint density at radius 2 is 1.50 bits per heavy atom. The van der Waals surface area contributed by atoms with Crippen molar-refractivity contribution in [3.63, 3.8) is 0 Å². The molecule has 0 spiro atoms. The Hall–Kier alpha value is -0.320. The van der Waals surface area contributed by atoms with Crippen molar-refractivity contribution < 1.29 is 30.3 Å². The number of rotatable bonds is 5. The normalized spacial score (nSPS) is 22.3. The summed E-state index contributed by atoms with van der Waals surface area (Å²) in [4.78, 5) is 0. The molecule has 18 heavy (non-hydrogen) atoms. The topological polar surface area (TPSA) is 148 Å². The van der Waals surface area contributed by atoms with Gasteiger partial charge in [0, 0.05) is 19.6 Å². The first kappa shape index (κ1) is 17.7. The van der Waals surface area contributed by atoms with Gasteiger partial charge < -0.3 is 41.3 Å². The SMILES string of the molecule is C1COCCN1.NC[C@H](O)[C@@H](O)[C@H](O)[C@H](O)CO. The Balaban J connectivity index is 0.000000397. The predicted octanol–water partition coefficient (Wildman–Crippen LogP) is -4.01. The molecule has 1 fully saturated rings. The molecule has 0 amide bonds. The van der Waals surface area contributed by atoms with E-state index in [9.17, 15) is 0 Å². The number of ether oxygens (including phenoxy) is 1. The first-order chi connectivity index (χ1) is 8.54. The van der Waals surface area contributed by atoms with Crippen molar-refractivity contribution in [1.29, 1.82) is 0 Å². The summed E-state index contributed by atoms with van der Waals surface area (Å²) in [6.45, 7) is 2.92. The fourth-order valence-corrected chi connectivity index (χ4v) is 1.22. The van der Waals surface area contributed by atoms with E-state index in [4.69, 9.17) is 36.0 Å². The van der Waals surface area contributed by atoms with Gasteiger partial charge in [-0.1, -0.05) is 0 Å². The van der Waals surface area contributed by atoms with Crippen LogP contribution >= 0.6 is 0 Å². The second kappa shape index (κ2) is 10.6. The highest BCUT2D eigenvalue weighted by molar-refractivity contribution is 4.80. The number of morpholine rings is 1. The minimum absolute atomic E-state index is 0.226. The molecule has 1 aliphatic heterocycles. The highest BCUT2D eigenvalue weighted by Crippen LogP contribution is 2.03. The summed E-state index contributed by atoms with van der Waals surface area (Å²) in [5, 5.41) is 47.3. The zero-order chi connectivity index (χ0) is 14.0. The van der Waals surface area contributed by atoms with Gasteiger partial charge in [-0.25, -0.2) is 0 Å². The van der Waals surface area contributed by atoms with Crippen LogP contribution in [-0.4, -0.2) is 89.4 Å². The third-order valence-electron chi connectivity index (χ3n) is 2.41. The van der Waals surface area contributed by atoms with E-state index in [1.807, 2.05) is 0 Å². The molecule has 0 saturated carbocycles. The summed E-state index contributed by atoms with van der Waals surface area (Å²) < 4.78 is 5.01. The second-order valence-corrected chi connectivity index (χ2v) is 3.90. The lowest BCUT2D eigenvalue weighted by Crippen LogP contribution is -2.48. The smallest absolute Gasteiger partial charge is 0.111 e. The zero-order valence-corrected chi connectivity index (χ0v) is 10.3. The van der Waals surface area contributed by atoms with E-state index in [-0.39, 0.29) is 6.54 Å².